The van der Waals surface area contributed by atoms with Crippen LogP contribution in [0.25, 0.3) is 0 Å². The van der Waals surface area contributed by atoms with Crippen molar-refractivity contribution in [3.63, 3.8) is 0 Å². The highest BCUT2D eigenvalue weighted by Gasteiger charge is 2.13. The van der Waals surface area contributed by atoms with Crippen LogP contribution in [0.2, 0.25) is 0 Å². The molecule has 1 heterocycles. The standard InChI is InChI=1S/C6H14N4.H2O4S/c1-9-2-4-10(5-3-9)6(7)8;1-5(2,3)4/h2-5H2,1H3,(H3,7,8);(H2,1,2,3,4). The third kappa shape index (κ3) is 9.41. The predicted octanol–water partition coefficient (Wildman–Crippen LogP) is -1.53. The average molecular weight is 240 g/mol. The van der Waals surface area contributed by atoms with Crippen molar-refractivity contribution in [3.05, 3.63) is 0 Å². The molecule has 5 N–H and O–H groups in total. The number of likely N-dealkylation sites (N-methyl/N-ethyl adjacent to an activating group) is 1. The molecule has 0 unspecified atom stereocenters. The minimum Gasteiger partial charge on any atom is -0.370 e. The first-order valence-corrected chi connectivity index (χ1v) is 5.57. The molecule has 1 fully saturated rings. The van der Waals surface area contributed by atoms with Gasteiger partial charge < -0.3 is 15.5 Å². The Morgan fingerprint density at radius 2 is 1.60 bits per heavy atom. The van der Waals surface area contributed by atoms with Crippen LogP contribution in [0.3, 0.4) is 0 Å². The number of hydrogen-bond acceptors (Lipinski definition) is 4. The van der Waals surface area contributed by atoms with Crippen molar-refractivity contribution < 1.29 is 17.5 Å². The largest absolute Gasteiger partial charge is 0.394 e. The van der Waals surface area contributed by atoms with Gasteiger partial charge in [0.15, 0.2) is 5.96 Å². The van der Waals surface area contributed by atoms with E-state index < -0.39 is 10.4 Å². The number of rotatable bonds is 0. The predicted molar refractivity (Wildman–Crippen MR) is 55.2 cm³/mol. The minimum absolute atomic E-state index is 0.202. The van der Waals surface area contributed by atoms with E-state index in [1.807, 2.05) is 4.90 Å². The Hall–Kier alpha value is -0.900. The van der Waals surface area contributed by atoms with E-state index in [2.05, 4.69) is 11.9 Å². The van der Waals surface area contributed by atoms with Gasteiger partial charge in [0.1, 0.15) is 0 Å². The van der Waals surface area contributed by atoms with Crippen molar-refractivity contribution >= 4 is 16.4 Å². The molecule has 1 aliphatic rings. The highest BCUT2D eigenvalue weighted by atomic mass is 32.3. The first-order chi connectivity index (χ1) is 6.70. The third-order valence-corrected chi connectivity index (χ3v) is 1.84. The number of guanidine groups is 1. The monoisotopic (exact) mass is 240 g/mol. The fourth-order valence-electron chi connectivity index (χ4n) is 1.05. The van der Waals surface area contributed by atoms with Crippen LogP contribution in [0.4, 0.5) is 0 Å². The molecule has 0 aliphatic carbocycles. The molecular weight excluding hydrogens is 224 g/mol. The van der Waals surface area contributed by atoms with Crippen LogP contribution in [0.1, 0.15) is 0 Å². The van der Waals surface area contributed by atoms with E-state index in [1.165, 1.54) is 0 Å². The van der Waals surface area contributed by atoms with Gasteiger partial charge in [-0.3, -0.25) is 14.5 Å². The van der Waals surface area contributed by atoms with E-state index in [-0.39, 0.29) is 5.96 Å². The van der Waals surface area contributed by atoms with Crippen LogP contribution in [-0.4, -0.2) is 66.5 Å². The van der Waals surface area contributed by atoms with Crippen LogP contribution in [0.5, 0.6) is 0 Å². The fourth-order valence-corrected chi connectivity index (χ4v) is 1.05. The molecule has 0 saturated carbocycles. The van der Waals surface area contributed by atoms with Crippen LogP contribution in [0.15, 0.2) is 0 Å². The summed E-state index contributed by atoms with van der Waals surface area (Å²) >= 11 is 0. The van der Waals surface area contributed by atoms with Gasteiger partial charge in [-0.05, 0) is 7.05 Å². The molecule has 15 heavy (non-hydrogen) atoms. The second-order valence-electron chi connectivity index (χ2n) is 3.12. The van der Waals surface area contributed by atoms with Crippen LogP contribution in [-0.2, 0) is 10.4 Å². The Labute approximate surface area is 88.7 Å². The molecule has 0 atom stereocenters. The normalized spacial score (nSPS) is 17.9. The molecule has 0 spiro atoms. The zero-order valence-electron chi connectivity index (χ0n) is 8.42. The maximum absolute atomic E-state index is 8.74. The first kappa shape index (κ1) is 14.1. The lowest BCUT2D eigenvalue weighted by atomic mass is 10.3. The maximum Gasteiger partial charge on any atom is 0.394 e. The van der Waals surface area contributed by atoms with Gasteiger partial charge in [0, 0.05) is 26.2 Å². The van der Waals surface area contributed by atoms with Crippen molar-refractivity contribution in [1.82, 2.24) is 9.80 Å². The molecule has 0 amide bonds. The van der Waals surface area contributed by atoms with Gasteiger partial charge in [0.25, 0.3) is 0 Å². The van der Waals surface area contributed by atoms with E-state index >= 15 is 0 Å². The van der Waals surface area contributed by atoms with Gasteiger partial charge in [-0.2, -0.15) is 8.42 Å². The summed E-state index contributed by atoms with van der Waals surface area (Å²) in [5.41, 5.74) is 5.30. The third-order valence-electron chi connectivity index (χ3n) is 1.84. The number of nitrogens with one attached hydrogen (secondary N) is 1. The SMILES string of the molecule is CN1CCN(C(=N)N)CC1.O=S(=O)(O)O. The second-order valence-corrected chi connectivity index (χ2v) is 4.02. The van der Waals surface area contributed by atoms with Crippen LogP contribution in [0, 0.1) is 5.41 Å². The summed E-state index contributed by atoms with van der Waals surface area (Å²) in [4.78, 5) is 4.12. The van der Waals surface area contributed by atoms with E-state index in [0.717, 1.165) is 26.2 Å². The molecular formula is C6H16N4O4S. The Morgan fingerprint density at radius 3 is 1.87 bits per heavy atom. The van der Waals surface area contributed by atoms with Gasteiger partial charge in [-0.15, -0.1) is 0 Å². The maximum atomic E-state index is 8.74. The molecule has 0 aromatic rings. The van der Waals surface area contributed by atoms with E-state index in [9.17, 15) is 0 Å². The van der Waals surface area contributed by atoms with Gasteiger partial charge in [0.2, 0.25) is 0 Å². The zero-order valence-corrected chi connectivity index (χ0v) is 9.24. The second kappa shape index (κ2) is 5.85. The summed E-state index contributed by atoms with van der Waals surface area (Å²) in [5.74, 6) is 0.202. The summed E-state index contributed by atoms with van der Waals surface area (Å²) in [6.07, 6.45) is 0. The molecule has 0 bridgehead atoms. The summed E-state index contributed by atoms with van der Waals surface area (Å²) < 4.78 is 31.6. The Balaban J connectivity index is 0.000000336. The van der Waals surface area contributed by atoms with Gasteiger partial charge in [-0.25, -0.2) is 0 Å². The van der Waals surface area contributed by atoms with Gasteiger partial charge >= 0.3 is 10.4 Å². The minimum atomic E-state index is -4.67. The molecule has 1 saturated heterocycles. The lowest BCUT2D eigenvalue weighted by molar-refractivity contribution is 0.213. The molecule has 0 aromatic heterocycles. The highest BCUT2D eigenvalue weighted by Crippen LogP contribution is 1.96. The summed E-state index contributed by atoms with van der Waals surface area (Å²) in [7, 11) is -2.59. The first-order valence-electron chi connectivity index (χ1n) is 4.17. The van der Waals surface area contributed by atoms with E-state index in [4.69, 9.17) is 28.7 Å². The average Bonchev–Trinajstić information content (AvgIpc) is 2.01. The Kier molecular flexibility index (Phi) is 5.50. The molecule has 1 aliphatic heterocycles. The summed E-state index contributed by atoms with van der Waals surface area (Å²) in [5, 5.41) is 7.14. The fraction of sp³-hybridized carbons (Fsp3) is 0.833. The Bertz CT molecular complexity index is 288. The lowest BCUT2D eigenvalue weighted by Gasteiger charge is -2.32. The molecule has 1 rings (SSSR count). The van der Waals surface area contributed by atoms with Gasteiger partial charge in [-0.1, -0.05) is 0 Å². The summed E-state index contributed by atoms with van der Waals surface area (Å²) in [6, 6.07) is 0. The molecule has 8 nitrogen and oxygen atoms in total. The molecule has 0 radical (unpaired) electrons. The van der Waals surface area contributed by atoms with Crippen LogP contribution >= 0.6 is 0 Å². The Morgan fingerprint density at radius 1 is 1.27 bits per heavy atom. The zero-order chi connectivity index (χ0) is 12.1. The van der Waals surface area contributed by atoms with Crippen molar-refractivity contribution in [3.8, 4) is 0 Å². The van der Waals surface area contributed by atoms with E-state index in [0.29, 0.717) is 0 Å². The number of nitrogens with two attached hydrogens (primary N) is 1. The lowest BCUT2D eigenvalue weighted by Crippen LogP contribution is -2.49. The van der Waals surface area contributed by atoms with Crippen LogP contribution < -0.4 is 5.73 Å². The quantitative estimate of drug-likeness (QED) is 0.229. The van der Waals surface area contributed by atoms with Gasteiger partial charge in [0.05, 0.1) is 0 Å². The molecule has 90 valence electrons. The number of nitrogens with zero attached hydrogens (tertiary/aromatic N) is 2. The number of piperazine rings is 1. The highest BCUT2D eigenvalue weighted by molar-refractivity contribution is 7.79. The smallest absolute Gasteiger partial charge is 0.370 e. The van der Waals surface area contributed by atoms with Crippen molar-refractivity contribution in [2.75, 3.05) is 33.2 Å². The van der Waals surface area contributed by atoms with Crippen molar-refractivity contribution in [1.29, 1.82) is 5.41 Å². The number of hydrogen-bond donors (Lipinski definition) is 4. The summed E-state index contributed by atoms with van der Waals surface area (Å²) in [6.45, 7) is 3.82. The molecule has 9 heteroatoms. The van der Waals surface area contributed by atoms with Crippen molar-refractivity contribution in [2.24, 2.45) is 5.73 Å². The molecule has 0 aromatic carbocycles. The topological polar surface area (TPSA) is 131 Å². The van der Waals surface area contributed by atoms with Crippen molar-refractivity contribution in [2.45, 2.75) is 0 Å². The van der Waals surface area contributed by atoms with E-state index in [1.54, 1.807) is 0 Å².